The number of hydrogen-bond donors (Lipinski definition) is 2. The molecule has 0 saturated carbocycles. The van der Waals surface area contributed by atoms with Crippen LogP contribution in [0.25, 0.3) is 0 Å². The van der Waals surface area contributed by atoms with E-state index in [9.17, 15) is 9.90 Å². The first-order chi connectivity index (χ1) is 7.65. The summed E-state index contributed by atoms with van der Waals surface area (Å²) >= 11 is 0. The van der Waals surface area contributed by atoms with Gasteiger partial charge in [-0.3, -0.25) is 4.79 Å². The number of amides is 1. The molecular weight excluding hydrogens is 202 g/mol. The minimum Gasteiger partial charge on any atom is -0.512 e. The number of aliphatic hydroxyl groups is 1. The van der Waals surface area contributed by atoms with Crippen molar-refractivity contribution < 1.29 is 9.90 Å². The van der Waals surface area contributed by atoms with Crippen LogP contribution in [-0.2, 0) is 4.79 Å². The van der Waals surface area contributed by atoms with Crippen LogP contribution in [0.15, 0.2) is 41.7 Å². The minimum atomic E-state index is -0.253. The second-order valence-electron chi connectivity index (χ2n) is 3.64. The van der Waals surface area contributed by atoms with Crippen molar-refractivity contribution in [3.63, 3.8) is 0 Å². The molecular formula is C13H17NO2. The predicted octanol–water partition coefficient (Wildman–Crippen LogP) is 3.26. The number of rotatable bonds is 4. The Morgan fingerprint density at radius 3 is 2.50 bits per heavy atom. The Balaban J connectivity index is 2.69. The van der Waals surface area contributed by atoms with Gasteiger partial charge in [-0.2, -0.15) is 0 Å². The maximum Gasteiger partial charge on any atom is 0.254 e. The van der Waals surface area contributed by atoms with Gasteiger partial charge in [0.15, 0.2) is 0 Å². The minimum absolute atomic E-state index is 0.163. The molecule has 16 heavy (non-hydrogen) atoms. The van der Waals surface area contributed by atoms with Crippen molar-refractivity contribution in [2.45, 2.75) is 26.7 Å². The van der Waals surface area contributed by atoms with Crippen LogP contribution in [0.3, 0.4) is 0 Å². The lowest BCUT2D eigenvalue weighted by Crippen LogP contribution is -2.14. The zero-order valence-corrected chi connectivity index (χ0v) is 9.66. The Morgan fingerprint density at radius 2 is 1.94 bits per heavy atom. The van der Waals surface area contributed by atoms with Crippen LogP contribution in [0.5, 0.6) is 0 Å². The number of aliphatic hydroxyl groups excluding tert-OH is 1. The van der Waals surface area contributed by atoms with E-state index in [1.54, 1.807) is 6.92 Å². The molecule has 0 aromatic heterocycles. The zero-order valence-electron chi connectivity index (χ0n) is 9.66. The molecule has 0 radical (unpaired) electrons. The van der Waals surface area contributed by atoms with Gasteiger partial charge in [0.05, 0.1) is 5.57 Å². The van der Waals surface area contributed by atoms with E-state index in [4.69, 9.17) is 0 Å². The average molecular weight is 219 g/mol. The predicted molar refractivity (Wildman–Crippen MR) is 65.3 cm³/mol. The monoisotopic (exact) mass is 219 g/mol. The molecule has 0 atom stereocenters. The second kappa shape index (κ2) is 5.95. The van der Waals surface area contributed by atoms with Gasteiger partial charge in [0.2, 0.25) is 0 Å². The highest BCUT2D eigenvalue weighted by molar-refractivity contribution is 6.03. The van der Waals surface area contributed by atoms with Gasteiger partial charge < -0.3 is 10.4 Å². The maximum absolute atomic E-state index is 11.7. The normalized spacial score (nSPS) is 11.9. The molecule has 2 N–H and O–H groups in total. The highest BCUT2D eigenvalue weighted by Gasteiger charge is 2.09. The highest BCUT2D eigenvalue weighted by Crippen LogP contribution is 2.11. The quantitative estimate of drug-likeness (QED) is 0.603. The average Bonchev–Trinajstić information content (AvgIpc) is 2.29. The topological polar surface area (TPSA) is 49.3 Å². The van der Waals surface area contributed by atoms with Crippen LogP contribution >= 0.6 is 0 Å². The van der Waals surface area contributed by atoms with Gasteiger partial charge in [-0.1, -0.05) is 25.1 Å². The molecule has 3 nitrogen and oxygen atoms in total. The van der Waals surface area contributed by atoms with E-state index in [0.29, 0.717) is 12.0 Å². The van der Waals surface area contributed by atoms with E-state index >= 15 is 0 Å². The summed E-state index contributed by atoms with van der Waals surface area (Å²) in [6.07, 6.45) is 1.36. The Bertz CT molecular complexity index is 382. The number of nitrogens with one attached hydrogen (secondary N) is 1. The fraction of sp³-hybridized carbons (Fsp3) is 0.308. The van der Waals surface area contributed by atoms with Crippen molar-refractivity contribution in [3.8, 4) is 0 Å². The van der Waals surface area contributed by atoms with Gasteiger partial charge in [-0.15, -0.1) is 0 Å². The van der Waals surface area contributed by atoms with E-state index in [1.165, 1.54) is 0 Å². The van der Waals surface area contributed by atoms with Crippen molar-refractivity contribution in [2.75, 3.05) is 5.32 Å². The van der Waals surface area contributed by atoms with Gasteiger partial charge in [-0.05, 0) is 25.5 Å². The van der Waals surface area contributed by atoms with E-state index in [1.807, 2.05) is 37.3 Å². The fourth-order valence-electron chi connectivity index (χ4n) is 1.30. The molecule has 0 spiro atoms. The summed E-state index contributed by atoms with van der Waals surface area (Å²) < 4.78 is 0. The van der Waals surface area contributed by atoms with E-state index in [0.717, 1.165) is 12.1 Å². The van der Waals surface area contributed by atoms with Gasteiger partial charge in [0.1, 0.15) is 5.76 Å². The SMILES string of the molecule is CCC/C(O)=C(\C)C(=O)Nc1ccccc1. The third-order valence-electron chi connectivity index (χ3n) is 2.29. The van der Waals surface area contributed by atoms with Gasteiger partial charge >= 0.3 is 0 Å². The summed E-state index contributed by atoms with van der Waals surface area (Å²) in [4.78, 5) is 11.7. The zero-order chi connectivity index (χ0) is 12.0. The van der Waals surface area contributed by atoms with Crippen molar-refractivity contribution in [3.05, 3.63) is 41.7 Å². The highest BCUT2D eigenvalue weighted by atomic mass is 16.3. The molecule has 0 saturated heterocycles. The number of carbonyl (C=O) groups is 1. The molecule has 86 valence electrons. The van der Waals surface area contributed by atoms with Crippen LogP contribution in [-0.4, -0.2) is 11.0 Å². The molecule has 0 bridgehead atoms. The maximum atomic E-state index is 11.7. The van der Waals surface area contributed by atoms with Crippen LogP contribution in [0, 0.1) is 0 Å². The lowest BCUT2D eigenvalue weighted by atomic mass is 10.1. The number of para-hydroxylation sites is 1. The first-order valence-electron chi connectivity index (χ1n) is 5.40. The van der Waals surface area contributed by atoms with Crippen molar-refractivity contribution in [1.29, 1.82) is 0 Å². The lowest BCUT2D eigenvalue weighted by molar-refractivity contribution is -0.113. The molecule has 1 aromatic carbocycles. The number of hydrogen-bond acceptors (Lipinski definition) is 2. The first-order valence-corrected chi connectivity index (χ1v) is 5.40. The summed E-state index contributed by atoms with van der Waals surface area (Å²) in [5.41, 5.74) is 1.11. The third kappa shape index (κ3) is 3.42. The Hall–Kier alpha value is -1.77. The third-order valence-corrected chi connectivity index (χ3v) is 2.29. The van der Waals surface area contributed by atoms with Crippen LogP contribution < -0.4 is 5.32 Å². The number of allylic oxidation sites excluding steroid dienone is 1. The van der Waals surface area contributed by atoms with Crippen molar-refractivity contribution >= 4 is 11.6 Å². The first kappa shape index (κ1) is 12.3. The summed E-state index contributed by atoms with van der Waals surface area (Å²) in [5, 5.41) is 12.3. The molecule has 1 aromatic rings. The summed E-state index contributed by atoms with van der Waals surface area (Å²) in [6.45, 7) is 3.59. The number of anilines is 1. The summed E-state index contributed by atoms with van der Waals surface area (Å²) in [5.74, 6) is -0.0897. The van der Waals surface area contributed by atoms with E-state index < -0.39 is 0 Å². The molecule has 0 unspecified atom stereocenters. The summed E-state index contributed by atoms with van der Waals surface area (Å²) in [7, 11) is 0. The van der Waals surface area contributed by atoms with E-state index in [-0.39, 0.29) is 11.7 Å². The number of carbonyl (C=O) groups excluding carboxylic acids is 1. The van der Waals surface area contributed by atoms with Crippen molar-refractivity contribution in [2.24, 2.45) is 0 Å². The molecule has 1 amide bonds. The Labute approximate surface area is 95.8 Å². The smallest absolute Gasteiger partial charge is 0.254 e. The van der Waals surface area contributed by atoms with Crippen LogP contribution in [0.2, 0.25) is 0 Å². The summed E-state index contributed by atoms with van der Waals surface area (Å²) in [6, 6.07) is 9.19. The molecule has 0 aliphatic carbocycles. The van der Waals surface area contributed by atoms with Gasteiger partial charge in [-0.25, -0.2) is 0 Å². The number of benzene rings is 1. The van der Waals surface area contributed by atoms with Gasteiger partial charge in [0, 0.05) is 12.1 Å². The van der Waals surface area contributed by atoms with Crippen LogP contribution in [0.4, 0.5) is 5.69 Å². The molecule has 0 aliphatic heterocycles. The largest absolute Gasteiger partial charge is 0.512 e. The molecule has 0 fully saturated rings. The molecule has 1 rings (SSSR count). The lowest BCUT2D eigenvalue weighted by Gasteiger charge is -2.07. The molecule has 0 heterocycles. The molecule has 0 aliphatic rings. The Morgan fingerprint density at radius 1 is 1.31 bits per heavy atom. The second-order valence-corrected chi connectivity index (χ2v) is 3.64. The molecule has 3 heteroatoms. The van der Waals surface area contributed by atoms with Crippen molar-refractivity contribution in [1.82, 2.24) is 0 Å². The van der Waals surface area contributed by atoms with Crippen LogP contribution in [0.1, 0.15) is 26.7 Å². The standard InChI is InChI=1S/C13H17NO2/c1-3-7-12(15)10(2)13(16)14-11-8-5-4-6-9-11/h4-6,8-9,15H,3,7H2,1-2H3,(H,14,16)/b12-10-. The van der Waals surface area contributed by atoms with E-state index in [2.05, 4.69) is 5.32 Å². The Kier molecular flexibility index (Phi) is 4.58. The van der Waals surface area contributed by atoms with Gasteiger partial charge in [0.25, 0.3) is 5.91 Å². The fourth-order valence-corrected chi connectivity index (χ4v) is 1.30.